The van der Waals surface area contributed by atoms with Crippen LogP contribution in [0.15, 0.2) is 12.3 Å². The number of pyridine rings is 1. The van der Waals surface area contributed by atoms with Gasteiger partial charge < -0.3 is 10.1 Å². The van der Waals surface area contributed by atoms with E-state index in [1.165, 1.54) is 13.1 Å². The van der Waals surface area contributed by atoms with Crippen LogP contribution in [0.3, 0.4) is 0 Å². The molecule has 0 unspecified atom stereocenters. The average Bonchev–Trinajstić information content (AvgIpc) is 2.28. The Labute approximate surface area is 100 Å². The van der Waals surface area contributed by atoms with E-state index >= 15 is 0 Å². The molecule has 0 fully saturated rings. The summed E-state index contributed by atoms with van der Waals surface area (Å²) in [6, 6.07) is 3.49. The van der Waals surface area contributed by atoms with Crippen molar-refractivity contribution in [2.75, 3.05) is 6.61 Å². The number of nitriles is 1. The van der Waals surface area contributed by atoms with Crippen molar-refractivity contribution in [1.29, 1.82) is 5.26 Å². The Kier molecular flexibility index (Phi) is 4.46. The van der Waals surface area contributed by atoms with Gasteiger partial charge in [0.1, 0.15) is 17.4 Å². The van der Waals surface area contributed by atoms with Gasteiger partial charge in [0.05, 0.1) is 18.3 Å². The molecule has 1 N–H and O–H groups in total. The van der Waals surface area contributed by atoms with Crippen LogP contribution in [0.2, 0.25) is 0 Å². The summed E-state index contributed by atoms with van der Waals surface area (Å²) in [5, 5.41) is 11.6. The lowest BCUT2D eigenvalue weighted by Crippen LogP contribution is -2.24. The third kappa shape index (κ3) is 3.45. The maximum atomic E-state index is 10.9. The number of hydrogen-bond acceptors (Lipinski definition) is 4. The Morgan fingerprint density at radius 2 is 2.41 bits per heavy atom. The van der Waals surface area contributed by atoms with Crippen LogP contribution in [0, 0.1) is 11.3 Å². The van der Waals surface area contributed by atoms with E-state index in [2.05, 4.69) is 10.3 Å². The van der Waals surface area contributed by atoms with Gasteiger partial charge in [0.2, 0.25) is 5.91 Å². The van der Waals surface area contributed by atoms with E-state index < -0.39 is 0 Å². The number of carbonyl (C=O) groups excluding carboxylic acids is 1. The molecule has 1 aromatic rings. The molecule has 0 spiro atoms. The van der Waals surface area contributed by atoms with E-state index in [1.807, 2.05) is 19.9 Å². The average molecular weight is 233 g/mol. The van der Waals surface area contributed by atoms with Gasteiger partial charge in [-0.25, -0.2) is 0 Å². The maximum absolute atomic E-state index is 10.9. The molecule has 0 aliphatic heterocycles. The summed E-state index contributed by atoms with van der Waals surface area (Å²) in [6.07, 6.45) is 1.46. The lowest BCUT2D eigenvalue weighted by molar-refractivity contribution is -0.119. The van der Waals surface area contributed by atoms with Crippen LogP contribution in [-0.4, -0.2) is 17.5 Å². The van der Waals surface area contributed by atoms with Crippen molar-refractivity contribution in [2.45, 2.75) is 26.8 Å². The van der Waals surface area contributed by atoms with Gasteiger partial charge in [-0.05, 0) is 13.8 Å². The molecule has 0 aromatic carbocycles. The zero-order valence-corrected chi connectivity index (χ0v) is 10.2. The normalized spacial score (nSPS) is 11.4. The summed E-state index contributed by atoms with van der Waals surface area (Å²) in [5.41, 5.74) is 1.06. The summed E-state index contributed by atoms with van der Waals surface area (Å²) in [7, 11) is 0. The Morgan fingerprint density at radius 1 is 1.71 bits per heavy atom. The van der Waals surface area contributed by atoms with Gasteiger partial charge in [0.25, 0.3) is 0 Å². The van der Waals surface area contributed by atoms with E-state index in [0.717, 1.165) is 0 Å². The van der Waals surface area contributed by atoms with Gasteiger partial charge >= 0.3 is 0 Å². The highest BCUT2D eigenvalue weighted by atomic mass is 16.5. The lowest BCUT2D eigenvalue weighted by atomic mass is 10.1. The lowest BCUT2D eigenvalue weighted by Gasteiger charge is -2.13. The van der Waals surface area contributed by atoms with Crippen molar-refractivity contribution in [3.63, 3.8) is 0 Å². The second-order valence-electron chi connectivity index (χ2n) is 3.57. The molecule has 0 saturated carbocycles. The SMILES string of the molecule is CCOc1cc([C@H](C)NC(C)=O)ncc1C#N. The first kappa shape index (κ1) is 13.0. The van der Waals surface area contributed by atoms with Crippen LogP contribution < -0.4 is 10.1 Å². The quantitative estimate of drug-likeness (QED) is 0.856. The third-order valence-corrected chi connectivity index (χ3v) is 2.17. The van der Waals surface area contributed by atoms with Gasteiger partial charge in [-0.15, -0.1) is 0 Å². The summed E-state index contributed by atoms with van der Waals surface area (Å²) in [6.45, 7) is 5.60. The number of amides is 1. The van der Waals surface area contributed by atoms with Crippen LogP contribution in [0.5, 0.6) is 5.75 Å². The van der Waals surface area contributed by atoms with Gasteiger partial charge in [0, 0.05) is 19.2 Å². The van der Waals surface area contributed by atoms with Crippen LogP contribution >= 0.6 is 0 Å². The largest absolute Gasteiger partial charge is 0.492 e. The monoisotopic (exact) mass is 233 g/mol. The first-order valence-corrected chi connectivity index (χ1v) is 5.38. The van der Waals surface area contributed by atoms with Crippen LogP contribution in [0.1, 0.15) is 38.1 Å². The van der Waals surface area contributed by atoms with Crippen molar-refractivity contribution in [1.82, 2.24) is 10.3 Å². The van der Waals surface area contributed by atoms with Crippen molar-refractivity contribution >= 4 is 5.91 Å². The fraction of sp³-hybridized carbons (Fsp3) is 0.417. The highest BCUT2D eigenvalue weighted by Crippen LogP contribution is 2.21. The standard InChI is InChI=1S/C12H15N3O2/c1-4-17-12-5-11(8(2)15-9(3)16)14-7-10(12)6-13/h5,7-8H,4H2,1-3H3,(H,15,16)/t8-/m0/s1. The molecule has 90 valence electrons. The molecule has 5 nitrogen and oxygen atoms in total. The molecule has 1 aromatic heterocycles. The van der Waals surface area contributed by atoms with Gasteiger partial charge in [-0.3, -0.25) is 9.78 Å². The summed E-state index contributed by atoms with van der Waals surface area (Å²) in [4.78, 5) is 15.1. The Morgan fingerprint density at radius 3 is 2.94 bits per heavy atom. The minimum atomic E-state index is -0.209. The number of ether oxygens (including phenoxy) is 1. The second-order valence-corrected chi connectivity index (χ2v) is 3.57. The van der Waals surface area contributed by atoms with E-state index in [1.54, 1.807) is 6.07 Å². The number of nitrogens with zero attached hydrogens (tertiary/aromatic N) is 2. The van der Waals surface area contributed by atoms with Crippen molar-refractivity contribution in [3.05, 3.63) is 23.5 Å². The Bertz CT molecular complexity index is 452. The van der Waals surface area contributed by atoms with Gasteiger partial charge in [-0.2, -0.15) is 5.26 Å². The summed E-state index contributed by atoms with van der Waals surface area (Å²) >= 11 is 0. The molecule has 17 heavy (non-hydrogen) atoms. The number of nitrogens with one attached hydrogen (secondary N) is 1. The molecule has 1 rings (SSSR count). The maximum Gasteiger partial charge on any atom is 0.217 e. The van der Waals surface area contributed by atoms with E-state index in [0.29, 0.717) is 23.6 Å². The molecule has 0 aliphatic rings. The molecule has 0 bridgehead atoms. The molecular weight excluding hydrogens is 218 g/mol. The highest BCUT2D eigenvalue weighted by Gasteiger charge is 2.12. The molecule has 1 heterocycles. The number of rotatable bonds is 4. The number of hydrogen-bond donors (Lipinski definition) is 1. The predicted octanol–water partition coefficient (Wildman–Crippen LogP) is 1.55. The first-order chi connectivity index (χ1) is 8.08. The molecule has 0 radical (unpaired) electrons. The van der Waals surface area contributed by atoms with E-state index in [4.69, 9.17) is 10.00 Å². The third-order valence-electron chi connectivity index (χ3n) is 2.17. The number of aromatic nitrogens is 1. The molecular formula is C12H15N3O2. The minimum absolute atomic E-state index is 0.124. The smallest absolute Gasteiger partial charge is 0.217 e. The van der Waals surface area contributed by atoms with Crippen LogP contribution in [0.4, 0.5) is 0 Å². The fourth-order valence-corrected chi connectivity index (χ4v) is 1.43. The summed E-state index contributed by atoms with van der Waals surface area (Å²) in [5.74, 6) is 0.374. The van der Waals surface area contributed by atoms with Gasteiger partial charge in [-0.1, -0.05) is 0 Å². The summed E-state index contributed by atoms with van der Waals surface area (Å²) < 4.78 is 5.35. The highest BCUT2D eigenvalue weighted by molar-refractivity contribution is 5.73. The fourth-order valence-electron chi connectivity index (χ4n) is 1.43. The van der Waals surface area contributed by atoms with Crippen molar-refractivity contribution in [2.24, 2.45) is 0 Å². The minimum Gasteiger partial charge on any atom is -0.492 e. The van der Waals surface area contributed by atoms with E-state index in [9.17, 15) is 4.79 Å². The Balaban J connectivity index is 2.99. The zero-order chi connectivity index (χ0) is 12.8. The Hall–Kier alpha value is -2.09. The molecule has 1 amide bonds. The van der Waals surface area contributed by atoms with Gasteiger partial charge in [0.15, 0.2) is 0 Å². The molecule has 5 heteroatoms. The predicted molar refractivity (Wildman–Crippen MR) is 62.4 cm³/mol. The zero-order valence-electron chi connectivity index (χ0n) is 10.2. The van der Waals surface area contributed by atoms with Crippen molar-refractivity contribution in [3.8, 4) is 11.8 Å². The molecule has 0 aliphatic carbocycles. The van der Waals surface area contributed by atoms with E-state index in [-0.39, 0.29) is 11.9 Å². The first-order valence-electron chi connectivity index (χ1n) is 5.38. The molecule has 1 atom stereocenters. The van der Waals surface area contributed by atoms with Crippen molar-refractivity contribution < 1.29 is 9.53 Å². The molecule has 0 saturated heterocycles. The second kappa shape index (κ2) is 5.85. The topological polar surface area (TPSA) is 75.0 Å². The van der Waals surface area contributed by atoms with Crippen LogP contribution in [0.25, 0.3) is 0 Å². The number of carbonyl (C=O) groups is 1. The van der Waals surface area contributed by atoms with Crippen LogP contribution in [-0.2, 0) is 4.79 Å².